The molecule has 2 rings (SSSR count). The van der Waals surface area contributed by atoms with E-state index in [0.29, 0.717) is 5.56 Å². The van der Waals surface area contributed by atoms with E-state index in [1.165, 1.54) is 30.4 Å². The number of halogens is 2. The van der Waals surface area contributed by atoms with Crippen molar-refractivity contribution in [3.05, 3.63) is 46.8 Å². The van der Waals surface area contributed by atoms with Crippen LogP contribution in [-0.4, -0.2) is 16.7 Å². The number of amides is 2. The van der Waals surface area contributed by atoms with E-state index in [1.54, 1.807) is 0 Å². The molecule has 0 saturated heterocycles. The summed E-state index contributed by atoms with van der Waals surface area (Å²) >= 11 is 5.59. The van der Waals surface area contributed by atoms with Crippen LogP contribution < -0.4 is 0 Å². The molecule has 0 saturated carbocycles. The van der Waals surface area contributed by atoms with Crippen molar-refractivity contribution >= 4 is 23.4 Å². The summed E-state index contributed by atoms with van der Waals surface area (Å²) in [6.45, 7) is 0.102. The van der Waals surface area contributed by atoms with Gasteiger partial charge in [-0.15, -0.1) is 0 Å². The summed E-state index contributed by atoms with van der Waals surface area (Å²) in [7, 11) is 0. The van der Waals surface area contributed by atoms with Crippen LogP contribution in [0.4, 0.5) is 4.39 Å². The van der Waals surface area contributed by atoms with Gasteiger partial charge in [0.1, 0.15) is 5.82 Å². The third kappa shape index (κ3) is 1.97. The second-order valence-corrected chi connectivity index (χ2v) is 3.75. The highest BCUT2D eigenvalue weighted by atomic mass is 35.5. The Morgan fingerprint density at radius 1 is 1.19 bits per heavy atom. The number of hydrogen-bond donors (Lipinski definition) is 0. The zero-order valence-corrected chi connectivity index (χ0v) is 8.87. The molecule has 0 aromatic heterocycles. The van der Waals surface area contributed by atoms with Gasteiger partial charge in [-0.2, -0.15) is 0 Å². The van der Waals surface area contributed by atoms with Crippen LogP contribution in [0.5, 0.6) is 0 Å². The lowest BCUT2D eigenvalue weighted by atomic mass is 10.2. The SMILES string of the molecule is O=C1C=CC(=O)N1Cc1ccc(F)c(Cl)c1. The van der Waals surface area contributed by atoms with Crippen LogP contribution in [0.3, 0.4) is 0 Å². The first-order chi connectivity index (χ1) is 7.58. The summed E-state index contributed by atoms with van der Waals surface area (Å²) in [5, 5.41) is -0.0236. The number of imide groups is 1. The highest BCUT2D eigenvalue weighted by Crippen LogP contribution is 2.18. The van der Waals surface area contributed by atoms with E-state index < -0.39 is 5.82 Å². The molecule has 0 spiro atoms. The Hall–Kier alpha value is -1.68. The highest BCUT2D eigenvalue weighted by Gasteiger charge is 2.23. The maximum Gasteiger partial charge on any atom is 0.253 e. The standard InChI is InChI=1S/C11H7ClFNO2/c12-8-5-7(1-2-9(8)13)6-14-10(15)3-4-11(14)16/h1-5H,6H2. The van der Waals surface area contributed by atoms with Crippen molar-refractivity contribution in [2.24, 2.45) is 0 Å². The first-order valence-corrected chi connectivity index (χ1v) is 4.93. The van der Waals surface area contributed by atoms with Crippen molar-refractivity contribution < 1.29 is 14.0 Å². The second kappa shape index (κ2) is 4.06. The van der Waals surface area contributed by atoms with E-state index in [2.05, 4.69) is 0 Å². The van der Waals surface area contributed by atoms with E-state index in [1.807, 2.05) is 0 Å². The smallest absolute Gasteiger partial charge is 0.253 e. The summed E-state index contributed by atoms with van der Waals surface area (Å²) in [4.78, 5) is 23.6. The van der Waals surface area contributed by atoms with Gasteiger partial charge in [0, 0.05) is 12.2 Å². The Labute approximate surface area is 96.1 Å². The Balaban J connectivity index is 2.18. The lowest BCUT2D eigenvalue weighted by Crippen LogP contribution is -2.29. The molecule has 0 unspecified atom stereocenters. The fraction of sp³-hybridized carbons (Fsp3) is 0.0909. The lowest BCUT2D eigenvalue weighted by molar-refractivity contribution is -0.137. The van der Waals surface area contributed by atoms with Gasteiger partial charge < -0.3 is 0 Å². The van der Waals surface area contributed by atoms with Gasteiger partial charge in [0.25, 0.3) is 11.8 Å². The molecule has 82 valence electrons. The Morgan fingerprint density at radius 2 is 1.81 bits per heavy atom. The first kappa shape index (κ1) is 10.8. The molecule has 0 atom stereocenters. The monoisotopic (exact) mass is 239 g/mol. The minimum absolute atomic E-state index is 0.0236. The van der Waals surface area contributed by atoms with Crippen LogP contribution in [0, 0.1) is 5.82 Å². The van der Waals surface area contributed by atoms with Crippen LogP contribution in [0.1, 0.15) is 5.56 Å². The molecule has 0 N–H and O–H groups in total. The quantitative estimate of drug-likeness (QED) is 0.740. The first-order valence-electron chi connectivity index (χ1n) is 4.55. The fourth-order valence-corrected chi connectivity index (χ4v) is 1.61. The molecular formula is C11H7ClFNO2. The van der Waals surface area contributed by atoms with Gasteiger partial charge in [-0.1, -0.05) is 17.7 Å². The molecule has 0 fully saturated rings. The molecule has 1 aliphatic heterocycles. The zero-order valence-electron chi connectivity index (χ0n) is 8.11. The van der Waals surface area contributed by atoms with Gasteiger partial charge in [-0.3, -0.25) is 14.5 Å². The van der Waals surface area contributed by atoms with Crippen molar-refractivity contribution in [3.8, 4) is 0 Å². The molecule has 5 heteroatoms. The molecule has 1 heterocycles. The van der Waals surface area contributed by atoms with Crippen molar-refractivity contribution in [1.82, 2.24) is 4.90 Å². The number of benzene rings is 1. The fourth-order valence-electron chi connectivity index (χ4n) is 1.41. The normalized spacial score (nSPS) is 15.0. The highest BCUT2D eigenvalue weighted by molar-refractivity contribution is 6.30. The largest absolute Gasteiger partial charge is 0.271 e. The predicted octanol–water partition coefficient (Wildman–Crippen LogP) is 1.90. The van der Waals surface area contributed by atoms with Crippen LogP contribution in [0.25, 0.3) is 0 Å². The average Bonchev–Trinajstić information content (AvgIpc) is 2.55. The minimum atomic E-state index is -0.525. The van der Waals surface area contributed by atoms with Crippen molar-refractivity contribution in [3.63, 3.8) is 0 Å². The Kier molecular flexibility index (Phi) is 2.75. The maximum absolute atomic E-state index is 12.9. The van der Waals surface area contributed by atoms with E-state index in [9.17, 15) is 14.0 Å². The molecule has 3 nitrogen and oxygen atoms in total. The lowest BCUT2D eigenvalue weighted by Gasteiger charge is -2.13. The number of nitrogens with zero attached hydrogens (tertiary/aromatic N) is 1. The van der Waals surface area contributed by atoms with Crippen LogP contribution >= 0.6 is 11.6 Å². The Morgan fingerprint density at radius 3 is 2.38 bits per heavy atom. The molecule has 0 bridgehead atoms. The topological polar surface area (TPSA) is 37.4 Å². The summed E-state index contributed by atoms with van der Waals surface area (Å²) < 4.78 is 12.9. The van der Waals surface area contributed by atoms with Crippen molar-refractivity contribution in [2.75, 3.05) is 0 Å². The van der Waals surface area contributed by atoms with Gasteiger partial charge in [0.15, 0.2) is 0 Å². The van der Waals surface area contributed by atoms with Crippen LogP contribution in [0.15, 0.2) is 30.4 Å². The van der Waals surface area contributed by atoms with E-state index in [0.717, 1.165) is 4.90 Å². The number of carbonyl (C=O) groups is 2. The molecule has 0 aliphatic carbocycles. The molecular weight excluding hydrogens is 233 g/mol. The third-order valence-corrected chi connectivity index (χ3v) is 2.51. The molecule has 1 aliphatic rings. The number of hydrogen-bond acceptors (Lipinski definition) is 2. The summed E-state index contributed by atoms with van der Waals surface area (Å²) in [6, 6.07) is 4.09. The van der Waals surface area contributed by atoms with E-state index in [4.69, 9.17) is 11.6 Å². The molecule has 2 amide bonds. The van der Waals surface area contributed by atoms with Crippen molar-refractivity contribution in [1.29, 1.82) is 0 Å². The molecule has 0 radical (unpaired) electrons. The summed E-state index contributed by atoms with van der Waals surface area (Å²) in [5.74, 6) is -1.27. The second-order valence-electron chi connectivity index (χ2n) is 3.34. The predicted molar refractivity (Wildman–Crippen MR) is 56.1 cm³/mol. The van der Waals surface area contributed by atoms with Crippen LogP contribution in [-0.2, 0) is 16.1 Å². The molecule has 1 aromatic rings. The van der Waals surface area contributed by atoms with Crippen LogP contribution in [0.2, 0.25) is 5.02 Å². The molecule has 1 aromatic carbocycles. The minimum Gasteiger partial charge on any atom is -0.271 e. The third-order valence-electron chi connectivity index (χ3n) is 2.23. The molecule has 16 heavy (non-hydrogen) atoms. The van der Waals surface area contributed by atoms with E-state index in [-0.39, 0.29) is 23.4 Å². The summed E-state index contributed by atoms with van der Waals surface area (Å²) in [6.07, 6.45) is 2.40. The van der Waals surface area contributed by atoms with Crippen molar-refractivity contribution in [2.45, 2.75) is 6.54 Å². The van der Waals surface area contributed by atoms with Gasteiger partial charge >= 0.3 is 0 Å². The van der Waals surface area contributed by atoms with Gasteiger partial charge in [-0.05, 0) is 17.7 Å². The summed E-state index contributed by atoms with van der Waals surface area (Å²) in [5.41, 5.74) is 0.608. The van der Waals surface area contributed by atoms with E-state index >= 15 is 0 Å². The maximum atomic E-state index is 12.9. The number of carbonyl (C=O) groups excluding carboxylic acids is 2. The average molecular weight is 240 g/mol. The Bertz CT molecular complexity index is 481. The van der Waals surface area contributed by atoms with Gasteiger partial charge in [-0.25, -0.2) is 4.39 Å². The number of rotatable bonds is 2. The zero-order chi connectivity index (χ0) is 11.7. The van der Waals surface area contributed by atoms with Gasteiger partial charge in [0.05, 0.1) is 11.6 Å². The van der Waals surface area contributed by atoms with Gasteiger partial charge in [0.2, 0.25) is 0 Å².